The third-order valence-corrected chi connectivity index (χ3v) is 5.21. The van der Waals surface area contributed by atoms with Crippen molar-refractivity contribution in [2.75, 3.05) is 25.5 Å². The predicted octanol–water partition coefficient (Wildman–Crippen LogP) is 0.717. The van der Waals surface area contributed by atoms with Gasteiger partial charge in [-0.25, -0.2) is 8.42 Å². The van der Waals surface area contributed by atoms with Gasteiger partial charge in [0.15, 0.2) is 9.84 Å². The minimum atomic E-state index is -4.56. The molecule has 0 aromatic heterocycles. The summed E-state index contributed by atoms with van der Waals surface area (Å²) in [6.45, 7) is -0.141. The zero-order valence-corrected chi connectivity index (χ0v) is 10.1. The van der Waals surface area contributed by atoms with E-state index >= 15 is 0 Å². The summed E-state index contributed by atoms with van der Waals surface area (Å²) in [7, 11) is -3.76. The van der Waals surface area contributed by atoms with Crippen LogP contribution >= 0.6 is 0 Å². The highest BCUT2D eigenvalue weighted by atomic mass is 32.2. The van der Waals surface area contributed by atoms with E-state index in [1.807, 2.05) is 0 Å². The highest BCUT2D eigenvalue weighted by Crippen LogP contribution is 2.29. The Labute approximate surface area is 98.2 Å². The number of hydrogen-bond donors (Lipinski definition) is 1. The summed E-state index contributed by atoms with van der Waals surface area (Å²) >= 11 is 0. The van der Waals surface area contributed by atoms with Crippen LogP contribution in [0.3, 0.4) is 0 Å². The molecule has 0 radical (unpaired) electrons. The largest absolute Gasteiger partial charge is 0.393 e. The fraction of sp³-hybridized carbons (Fsp3) is 1.00. The van der Waals surface area contributed by atoms with Crippen molar-refractivity contribution in [2.24, 2.45) is 11.7 Å². The summed E-state index contributed by atoms with van der Waals surface area (Å²) in [5.41, 5.74) is 4.99. The van der Waals surface area contributed by atoms with E-state index < -0.39 is 39.5 Å². The second-order valence-corrected chi connectivity index (χ2v) is 6.44. The molecule has 1 heterocycles. The Bertz CT molecular complexity index is 336. The maximum Gasteiger partial charge on any atom is 0.393 e. The van der Waals surface area contributed by atoms with Gasteiger partial charge in [-0.05, 0) is 12.8 Å². The van der Waals surface area contributed by atoms with Crippen molar-refractivity contribution < 1.29 is 26.3 Å². The lowest BCUT2D eigenvalue weighted by molar-refractivity contribution is -0.165. The van der Waals surface area contributed by atoms with Gasteiger partial charge < -0.3 is 10.5 Å². The summed E-state index contributed by atoms with van der Waals surface area (Å²) in [6, 6.07) is 0. The van der Waals surface area contributed by atoms with E-state index in [1.54, 1.807) is 0 Å². The van der Waals surface area contributed by atoms with E-state index in [1.165, 1.54) is 0 Å². The van der Waals surface area contributed by atoms with Gasteiger partial charge in [0.05, 0.1) is 16.9 Å². The minimum absolute atomic E-state index is 0.261. The van der Waals surface area contributed by atoms with Crippen molar-refractivity contribution in [1.29, 1.82) is 0 Å². The van der Waals surface area contributed by atoms with Gasteiger partial charge in [0, 0.05) is 19.8 Å². The van der Waals surface area contributed by atoms with E-state index in [2.05, 4.69) is 0 Å². The Hall–Kier alpha value is -0.340. The number of alkyl halides is 3. The summed E-state index contributed by atoms with van der Waals surface area (Å²) in [5.74, 6) is -2.90. The number of halogens is 3. The van der Waals surface area contributed by atoms with Gasteiger partial charge >= 0.3 is 6.18 Å². The van der Waals surface area contributed by atoms with Crippen molar-refractivity contribution >= 4 is 9.84 Å². The second-order valence-electron chi connectivity index (χ2n) is 4.12. The number of sulfone groups is 1. The van der Waals surface area contributed by atoms with Crippen molar-refractivity contribution in [1.82, 2.24) is 0 Å². The van der Waals surface area contributed by atoms with Crippen LogP contribution in [-0.4, -0.2) is 45.4 Å². The monoisotopic (exact) mass is 275 g/mol. The highest BCUT2D eigenvalue weighted by Gasteiger charge is 2.43. The maximum absolute atomic E-state index is 12.4. The Balaban J connectivity index is 2.70. The van der Waals surface area contributed by atoms with Crippen molar-refractivity contribution in [3.8, 4) is 0 Å². The van der Waals surface area contributed by atoms with Gasteiger partial charge in [-0.2, -0.15) is 13.2 Å². The molecular weight excluding hydrogens is 259 g/mol. The fourth-order valence-electron chi connectivity index (χ4n) is 1.75. The Kier molecular flexibility index (Phi) is 4.79. The van der Waals surface area contributed by atoms with Crippen LogP contribution < -0.4 is 5.73 Å². The topological polar surface area (TPSA) is 69.4 Å². The van der Waals surface area contributed by atoms with Crippen LogP contribution in [0.15, 0.2) is 0 Å². The number of ether oxygens (including phenoxy) is 1. The Morgan fingerprint density at radius 3 is 2.24 bits per heavy atom. The molecular formula is C9H16F3NO3S. The molecule has 8 heteroatoms. The van der Waals surface area contributed by atoms with Crippen molar-refractivity contribution in [3.63, 3.8) is 0 Å². The molecule has 17 heavy (non-hydrogen) atoms. The lowest BCUT2D eigenvalue weighted by Crippen LogP contribution is -2.40. The second kappa shape index (κ2) is 5.53. The molecule has 0 aromatic carbocycles. The Morgan fingerprint density at radius 1 is 1.29 bits per heavy atom. The van der Waals surface area contributed by atoms with E-state index in [4.69, 9.17) is 10.5 Å². The molecule has 1 rings (SSSR count). The molecule has 2 N–H and O–H groups in total. The van der Waals surface area contributed by atoms with Gasteiger partial charge in [0.25, 0.3) is 0 Å². The van der Waals surface area contributed by atoms with E-state index in [-0.39, 0.29) is 26.1 Å². The standard InChI is InChI=1S/C9H16F3NO3S/c10-9(11,12)7(5-13)6-17(14,15)8-1-3-16-4-2-8/h7-8H,1-6,13H2. The van der Waals surface area contributed by atoms with Gasteiger partial charge in [-0.1, -0.05) is 0 Å². The molecule has 1 atom stereocenters. The molecule has 0 aliphatic carbocycles. The lowest BCUT2D eigenvalue weighted by Gasteiger charge is -2.25. The molecule has 102 valence electrons. The predicted molar refractivity (Wildman–Crippen MR) is 56.2 cm³/mol. The molecule has 1 unspecified atom stereocenters. The first-order valence-electron chi connectivity index (χ1n) is 5.33. The number of hydrogen-bond acceptors (Lipinski definition) is 4. The maximum atomic E-state index is 12.4. The van der Waals surface area contributed by atoms with Crippen LogP contribution in [0.25, 0.3) is 0 Å². The normalized spacial score (nSPS) is 21.4. The first-order valence-corrected chi connectivity index (χ1v) is 7.05. The molecule has 1 saturated heterocycles. The SMILES string of the molecule is NCC(CS(=O)(=O)C1CCOCC1)C(F)(F)F. The third-order valence-electron chi connectivity index (χ3n) is 2.86. The van der Waals surface area contributed by atoms with Crippen molar-refractivity contribution in [3.05, 3.63) is 0 Å². The minimum Gasteiger partial charge on any atom is -0.381 e. The van der Waals surface area contributed by atoms with E-state index in [0.717, 1.165) is 0 Å². The molecule has 0 saturated carbocycles. The van der Waals surface area contributed by atoms with Crippen LogP contribution in [0.2, 0.25) is 0 Å². The summed E-state index contributed by atoms with van der Waals surface area (Å²) in [6.07, 6.45) is -4.04. The van der Waals surface area contributed by atoms with Crippen LogP contribution in [0.4, 0.5) is 13.2 Å². The quantitative estimate of drug-likeness (QED) is 0.820. The molecule has 1 aliphatic rings. The average Bonchev–Trinajstić information content (AvgIpc) is 2.25. The summed E-state index contributed by atoms with van der Waals surface area (Å²) in [5, 5.41) is -0.729. The molecule has 0 amide bonds. The smallest absolute Gasteiger partial charge is 0.381 e. The number of rotatable bonds is 4. The lowest BCUT2D eigenvalue weighted by atomic mass is 10.2. The van der Waals surface area contributed by atoms with Crippen LogP contribution in [0, 0.1) is 5.92 Å². The average molecular weight is 275 g/mol. The molecule has 4 nitrogen and oxygen atoms in total. The molecule has 0 spiro atoms. The van der Waals surface area contributed by atoms with Gasteiger partial charge in [-0.15, -0.1) is 0 Å². The highest BCUT2D eigenvalue weighted by molar-refractivity contribution is 7.92. The molecule has 1 fully saturated rings. The van der Waals surface area contributed by atoms with Crippen molar-refractivity contribution in [2.45, 2.75) is 24.3 Å². The van der Waals surface area contributed by atoms with Gasteiger partial charge in [0.1, 0.15) is 0 Å². The van der Waals surface area contributed by atoms with E-state index in [9.17, 15) is 21.6 Å². The molecule has 0 aromatic rings. The first kappa shape index (κ1) is 14.7. The molecule has 0 bridgehead atoms. The zero-order chi connectivity index (χ0) is 13.1. The first-order chi connectivity index (χ1) is 7.77. The number of nitrogens with two attached hydrogens (primary N) is 1. The summed E-state index contributed by atoms with van der Waals surface area (Å²) in [4.78, 5) is 0. The van der Waals surface area contributed by atoms with Crippen LogP contribution in [0.1, 0.15) is 12.8 Å². The third kappa shape index (κ3) is 4.11. The van der Waals surface area contributed by atoms with E-state index in [0.29, 0.717) is 0 Å². The zero-order valence-electron chi connectivity index (χ0n) is 9.24. The summed E-state index contributed by atoms with van der Waals surface area (Å²) < 4.78 is 65.9. The van der Waals surface area contributed by atoms with Crippen LogP contribution in [0.5, 0.6) is 0 Å². The Morgan fingerprint density at radius 2 is 1.82 bits per heavy atom. The van der Waals surface area contributed by atoms with Gasteiger partial charge in [0.2, 0.25) is 0 Å². The van der Waals surface area contributed by atoms with Crippen LogP contribution in [-0.2, 0) is 14.6 Å². The van der Waals surface area contributed by atoms with Gasteiger partial charge in [-0.3, -0.25) is 0 Å². The fourth-order valence-corrected chi connectivity index (χ4v) is 3.82. The molecule has 1 aliphatic heterocycles.